The maximum absolute atomic E-state index is 6.14. The molecule has 0 unspecified atom stereocenters. The second kappa shape index (κ2) is 5.23. The Morgan fingerprint density at radius 2 is 2.00 bits per heavy atom. The van der Waals surface area contributed by atoms with E-state index in [2.05, 4.69) is 31.5 Å². The molecule has 0 saturated carbocycles. The summed E-state index contributed by atoms with van der Waals surface area (Å²) in [7, 11) is 2.04. The topological polar surface area (TPSA) is 17.8 Å². The van der Waals surface area contributed by atoms with Crippen LogP contribution in [0.3, 0.4) is 0 Å². The van der Waals surface area contributed by atoms with E-state index >= 15 is 0 Å². The molecule has 0 aliphatic carbocycles. The van der Waals surface area contributed by atoms with Crippen LogP contribution in [0.2, 0.25) is 5.02 Å². The first kappa shape index (κ1) is 12.7. The van der Waals surface area contributed by atoms with Crippen LogP contribution >= 0.6 is 27.5 Å². The fourth-order valence-corrected chi connectivity index (χ4v) is 2.79. The first-order valence-corrected chi connectivity index (χ1v) is 6.68. The highest BCUT2D eigenvalue weighted by molar-refractivity contribution is 9.10. The van der Waals surface area contributed by atoms with E-state index in [4.69, 9.17) is 11.6 Å². The van der Waals surface area contributed by atoms with Crippen molar-refractivity contribution in [3.8, 4) is 0 Å². The van der Waals surface area contributed by atoms with E-state index in [1.165, 1.54) is 11.3 Å². The van der Waals surface area contributed by atoms with E-state index in [0.717, 1.165) is 28.3 Å². The fourth-order valence-electron chi connectivity index (χ4n) is 1.84. The number of aromatic nitrogens is 2. The van der Waals surface area contributed by atoms with Crippen molar-refractivity contribution in [2.24, 2.45) is 7.05 Å². The number of nitrogens with zero attached hydrogens (tertiary/aromatic N) is 2. The summed E-state index contributed by atoms with van der Waals surface area (Å²) in [5.74, 6) is 1.02. The normalized spacial score (nSPS) is 10.8. The van der Waals surface area contributed by atoms with Crippen molar-refractivity contribution >= 4 is 27.5 Å². The van der Waals surface area contributed by atoms with Crippen LogP contribution in [0.1, 0.15) is 17.1 Å². The van der Waals surface area contributed by atoms with E-state index in [1.807, 2.05) is 32.2 Å². The Morgan fingerprint density at radius 3 is 2.59 bits per heavy atom. The number of aryl methyl sites for hydroxylation is 2. The molecular weight excluding hydrogens is 300 g/mol. The molecule has 1 aromatic carbocycles. The van der Waals surface area contributed by atoms with Crippen LogP contribution in [-0.2, 0) is 19.9 Å². The minimum atomic E-state index is 0.836. The van der Waals surface area contributed by atoms with Gasteiger partial charge in [0.05, 0.1) is 5.69 Å². The summed E-state index contributed by atoms with van der Waals surface area (Å²) >= 11 is 9.64. The van der Waals surface area contributed by atoms with E-state index in [0.29, 0.717) is 0 Å². The van der Waals surface area contributed by atoms with Gasteiger partial charge >= 0.3 is 0 Å². The first-order chi connectivity index (χ1) is 8.09. The third-order valence-corrected chi connectivity index (χ3v) is 3.98. The molecule has 2 rings (SSSR count). The molecule has 4 heteroatoms. The Balaban J connectivity index is 2.15. The highest BCUT2D eigenvalue weighted by Gasteiger charge is 2.10. The highest BCUT2D eigenvalue weighted by atomic mass is 79.9. The van der Waals surface area contributed by atoms with Crippen molar-refractivity contribution in [3.05, 3.63) is 51.0 Å². The minimum Gasteiger partial charge on any atom is -0.334 e. The van der Waals surface area contributed by atoms with Crippen LogP contribution in [0.4, 0.5) is 0 Å². The fraction of sp³-hybridized carbons (Fsp3) is 0.308. The molecule has 2 nitrogen and oxygen atoms in total. The van der Waals surface area contributed by atoms with Crippen LogP contribution in [0.5, 0.6) is 0 Å². The van der Waals surface area contributed by atoms with Crippen molar-refractivity contribution in [3.63, 3.8) is 0 Å². The average molecular weight is 314 g/mol. The lowest BCUT2D eigenvalue weighted by Crippen LogP contribution is -2.01. The predicted octanol–water partition coefficient (Wildman–Crippen LogP) is 3.93. The van der Waals surface area contributed by atoms with Crippen LogP contribution in [0.25, 0.3) is 0 Å². The number of hydrogen-bond acceptors (Lipinski definition) is 1. The van der Waals surface area contributed by atoms with Crippen LogP contribution in [-0.4, -0.2) is 9.55 Å². The second-order valence-corrected chi connectivity index (χ2v) is 5.21. The van der Waals surface area contributed by atoms with Gasteiger partial charge in [-0.25, -0.2) is 4.98 Å². The smallest absolute Gasteiger partial charge is 0.127 e. The molecule has 0 atom stereocenters. The summed E-state index contributed by atoms with van der Waals surface area (Å²) in [5, 5.41) is 0.836. The van der Waals surface area contributed by atoms with Gasteiger partial charge in [0.2, 0.25) is 0 Å². The zero-order valence-electron chi connectivity index (χ0n) is 9.87. The number of halogens is 2. The summed E-state index contributed by atoms with van der Waals surface area (Å²) in [6.45, 7) is 2.00. The molecule has 0 spiro atoms. The van der Waals surface area contributed by atoms with E-state index in [9.17, 15) is 0 Å². The molecule has 2 aromatic rings. The molecule has 0 N–H and O–H groups in total. The number of imidazole rings is 1. The molecule has 0 bridgehead atoms. The van der Waals surface area contributed by atoms with Crippen LogP contribution in [0, 0.1) is 6.92 Å². The third-order valence-electron chi connectivity index (χ3n) is 2.98. The van der Waals surface area contributed by atoms with Crippen molar-refractivity contribution in [2.45, 2.75) is 19.8 Å². The van der Waals surface area contributed by atoms with Gasteiger partial charge in [0.25, 0.3) is 0 Å². The Morgan fingerprint density at radius 1 is 1.29 bits per heavy atom. The molecule has 0 saturated heterocycles. The van der Waals surface area contributed by atoms with Gasteiger partial charge in [0.15, 0.2) is 0 Å². The summed E-state index contributed by atoms with van der Waals surface area (Å²) < 4.78 is 3.05. The number of hydrogen-bond donors (Lipinski definition) is 0. The Labute approximate surface area is 115 Å². The standard InChI is InChI=1S/C13H14BrClN2/c1-9-16-13(14)12(17(9)2)8-7-10-5-3-4-6-11(10)15/h3-6H,7-8H2,1-2H3. The Kier molecular flexibility index (Phi) is 3.89. The van der Waals surface area contributed by atoms with Gasteiger partial charge in [-0.2, -0.15) is 0 Å². The predicted molar refractivity (Wildman–Crippen MR) is 74.5 cm³/mol. The maximum atomic E-state index is 6.14. The largest absolute Gasteiger partial charge is 0.334 e. The van der Waals surface area contributed by atoms with Gasteiger partial charge in [0, 0.05) is 12.1 Å². The lowest BCUT2D eigenvalue weighted by Gasteiger charge is -2.06. The summed E-state index contributed by atoms with van der Waals surface area (Å²) in [5.41, 5.74) is 2.39. The quantitative estimate of drug-likeness (QED) is 0.839. The molecule has 1 aromatic heterocycles. The number of rotatable bonds is 3. The van der Waals surface area contributed by atoms with Gasteiger partial charge in [-0.15, -0.1) is 0 Å². The van der Waals surface area contributed by atoms with Crippen LogP contribution in [0.15, 0.2) is 28.9 Å². The monoisotopic (exact) mass is 312 g/mol. The highest BCUT2D eigenvalue weighted by Crippen LogP contribution is 2.21. The van der Waals surface area contributed by atoms with Crippen molar-refractivity contribution < 1.29 is 0 Å². The molecule has 0 radical (unpaired) electrons. The van der Waals surface area contributed by atoms with Crippen molar-refractivity contribution in [2.75, 3.05) is 0 Å². The molecule has 17 heavy (non-hydrogen) atoms. The summed E-state index contributed by atoms with van der Waals surface area (Å²) in [4.78, 5) is 4.39. The molecule has 0 fully saturated rings. The zero-order chi connectivity index (χ0) is 12.4. The van der Waals surface area contributed by atoms with E-state index < -0.39 is 0 Å². The average Bonchev–Trinajstić information content (AvgIpc) is 2.53. The molecule has 1 heterocycles. The van der Waals surface area contributed by atoms with Gasteiger partial charge in [-0.3, -0.25) is 0 Å². The number of benzene rings is 1. The lowest BCUT2D eigenvalue weighted by atomic mass is 10.1. The SMILES string of the molecule is Cc1nc(Br)c(CCc2ccccc2Cl)n1C. The summed E-state index contributed by atoms with van der Waals surface area (Å²) in [6, 6.07) is 7.97. The van der Waals surface area contributed by atoms with Crippen LogP contribution < -0.4 is 0 Å². The molecular formula is C13H14BrClN2. The van der Waals surface area contributed by atoms with Gasteiger partial charge in [-0.05, 0) is 47.3 Å². The maximum Gasteiger partial charge on any atom is 0.127 e. The van der Waals surface area contributed by atoms with Gasteiger partial charge in [-0.1, -0.05) is 29.8 Å². The van der Waals surface area contributed by atoms with E-state index in [-0.39, 0.29) is 0 Å². The first-order valence-electron chi connectivity index (χ1n) is 5.50. The Hall–Kier alpha value is -0.800. The Bertz CT molecular complexity index is 534. The van der Waals surface area contributed by atoms with Gasteiger partial charge in [0.1, 0.15) is 10.4 Å². The lowest BCUT2D eigenvalue weighted by molar-refractivity contribution is 0.771. The molecule has 0 aliphatic rings. The molecule has 90 valence electrons. The summed E-state index contributed by atoms with van der Waals surface area (Å²) in [6.07, 6.45) is 1.86. The third kappa shape index (κ3) is 2.72. The molecule has 0 amide bonds. The zero-order valence-corrected chi connectivity index (χ0v) is 12.2. The van der Waals surface area contributed by atoms with Gasteiger partial charge < -0.3 is 4.57 Å². The molecule has 0 aliphatic heterocycles. The van der Waals surface area contributed by atoms with E-state index in [1.54, 1.807) is 0 Å². The second-order valence-electron chi connectivity index (χ2n) is 4.05. The minimum absolute atomic E-state index is 0.836. The van der Waals surface area contributed by atoms with Crippen molar-refractivity contribution in [1.82, 2.24) is 9.55 Å². The van der Waals surface area contributed by atoms with Crippen molar-refractivity contribution in [1.29, 1.82) is 0 Å².